The zero-order chi connectivity index (χ0) is 9.68. The number of amides is 1. The first kappa shape index (κ1) is 9.95. The fraction of sp³-hybridized carbons (Fsp3) is 0.222. The molecule has 0 spiro atoms. The van der Waals surface area contributed by atoms with Crippen molar-refractivity contribution in [1.82, 2.24) is 0 Å². The Kier molecular flexibility index (Phi) is 3.67. The molecule has 0 aromatic carbocycles. The van der Waals surface area contributed by atoms with E-state index in [1.54, 1.807) is 13.0 Å². The highest BCUT2D eigenvalue weighted by molar-refractivity contribution is 7.16. The fourth-order valence-corrected chi connectivity index (χ4v) is 1.66. The van der Waals surface area contributed by atoms with E-state index >= 15 is 0 Å². The van der Waals surface area contributed by atoms with Crippen LogP contribution in [0.25, 0.3) is 0 Å². The first-order valence-electron chi connectivity index (χ1n) is 3.98. The van der Waals surface area contributed by atoms with Gasteiger partial charge in [0, 0.05) is 11.4 Å². The molecule has 1 amide bonds. The summed E-state index contributed by atoms with van der Waals surface area (Å²) in [6.45, 7) is 2.32. The molecule has 0 aliphatic heterocycles. The van der Waals surface area contributed by atoms with Crippen LogP contribution >= 0.6 is 11.3 Å². The minimum Gasteiger partial charge on any atom is -0.326 e. The smallest absolute Gasteiger partial charge is 0.248 e. The summed E-state index contributed by atoms with van der Waals surface area (Å²) in [7, 11) is 0. The number of rotatable bonds is 3. The molecule has 0 radical (unpaired) electrons. The van der Waals surface area contributed by atoms with E-state index in [2.05, 4.69) is 5.32 Å². The number of nitrogens with one attached hydrogen (secondary N) is 1. The minimum absolute atomic E-state index is 0.104. The lowest BCUT2D eigenvalue weighted by atomic mass is 10.4. The van der Waals surface area contributed by atoms with Crippen molar-refractivity contribution in [2.75, 3.05) is 5.32 Å². The molecular formula is C9H12N2OS. The molecule has 0 aliphatic rings. The lowest BCUT2D eigenvalue weighted by Gasteiger charge is -1.95. The van der Waals surface area contributed by atoms with Gasteiger partial charge in [-0.1, -0.05) is 6.08 Å². The molecule has 0 atom stereocenters. The molecule has 0 aliphatic carbocycles. The summed E-state index contributed by atoms with van der Waals surface area (Å²) in [5, 5.41) is 3.57. The monoisotopic (exact) mass is 196 g/mol. The first-order chi connectivity index (χ1) is 6.26. The highest BCUT2D eigenvalue weighted by Crippen LogP contribution is 2.20. The summed E-state index contributed by atoms with van der Waals surface area (Å²) in [5.74, 6) is -0.104. The lowest BCUT2D eigenvalue weighted by molar-refractivity contribution is -0.111. The maximum Gasteiger partial charge on any atom is 0.248 e. The molecule has 13 heavy (non-hydrogen) atoms. The fourth-order valence-electron chi connectivity index (χ4n) is 0.869. The Morgan fingerprint density at radius 2 is 2.46 bits per heavy atom. The molecule has 3 nitrogen and oxygen atoms in total. The third-order valence-electron chi connectivity index (χ3n) is 1.43. The van der Waals surface area contributed by atoms with Crippen molar-refractivity contribution in [3.05, 3.63) is 29.2 Å². The number of anilines is 1. The summed E-state index contributed by atoms with van der Waals surface area (Å²) < 4.78 is 0. The molecular weight excluding hydrogens is 184 g/mol. The van der Waals surface area contributed by atoms with Crippen LogP contribution in [0.15, 0.2) is 24.3 Å². The third kappa shape index (κ3) is 3.01. The van der Waals surface area contributed by atoms with Crippen molar-refractivity contribution >= 4 is 22.2 Å². The Bertz CT molecular complexity index is 317. The normalized spacial score (nSPS) is 10.6. The average Bonchev–Trinajstić information content (AvgIpc) is 2.52. The molecule has 0 bridgehead atoms. The van der Waals surface area contributed by atoms with E-state index in [0.717, 1.165) is 9.88 Å². The van der Waals surface area contributed by atoms with Crippen LogP contribution in [0.5, 0.6) is 0 Å². The highest BCUT2D eigenvalue weighted by Gasteiger charge is 2.00. The molecule has 0 unspecified atom stereocenters. The van der Waals surface area contributed by atoms with Gasteiger partial charge in [-0.05, 0) is 25.1 Å². The molecule has 1 aromatic rings. The van der Waals surface area contributed by atoms with E-state index in [1.165, 1.54) is 17.4 Å². The number of nitrogens with two attached hydrogens (primary N) is 1. The van der Waals surface area contributed by atoms with Gasteiger partial charge in [0.1, 0.15) is 0 Å². The van der Waals surface area contributed by atoms with Crippen molar-refractivity contribution in [3.63, 3.8) is 0 Å². The molecule has 0 saturated carbocycles. The van der Waals surface area contributed by atoms with Gasteiger partial charge < -0.3 is 11.1 Å². The molecule has 1 heterocycles. The number of allylic oxidation sites excluding steroid dienone is 1. The Labute approximate surface area is 81.3 Å². The number of carbonyl (C=O) groups is 1. The van der Waals surface area contributed by atoms with E-state index in [4.69, 9.17) is 5.73 Å². The number of carbonyl (C=O) groups excluding carboxylic acids is 1. The van der Waals surface area contributed by atoms with E-state index in [-0.39, 0.29) is 5.91 Å². The molecule has 1 rings (SSSR count). The average molecular weight is 196 g/mol. The predicted molar refractivity (Wildman–Crippen MR) is 55.7 cm³/mol. The highest BCUT2D eigenvalue weighted by atomic mass is 32.1. The summed E-state index contributed by atoms with van der Waals surface area (Å²) in [6, 6.07) is 3.77. The van der Waals surface area contributed by atoms with Crippen LogP contribution in [0.3, 0.4) is 0 Å². The quantitative estimate of drug-likeness (QED) is 0.723. The number of thiophene rings is 1. The van der Waals surface area contributed by atoms with E-state index in [0.29, 0.717) is 6.54 Å². The summed E-state index contributed by atoms with van der Waals surface area (Å²) >= 11 is 1.50. The molecule has 4 heteroatoms. The SMILES string of the molecule is C/C=C/C(=O)Nc1ccc(CN)s1. The lowest BCUT2D eigenvalue weighted by Crippen LogP contribution is -2.05. The third-order valence-corrected chi connectivity index (χ3v) is 2.45. The zero-order valence-electron chi connectivity index (χ0n) is 7.41. The topological polar surface area (TPSA) is 55.1 Å². The van der Waals surface area contributed by atoms with Crippen molar-refractivity contribution in [1.29, 1.82) is 0 Å². The molecule has 3 N–H and O–H groups in total. The molecule has 0 saturated heterocycles. The van der Waals surface area contributed by atoms with E-state index in [9.17, 15) is 4.79 Å². The van der Waals surface area contributed by atoms with Gasteiger partial charge in [0.2, 0.25) is 5.91 Å². The number of hydrogen-bond acceptors (Lipinski definition) is 3. The van der Waals surface area contributed by atoms with Gasteiger partial charge in [-0.3, -0.25) is 4.79 Å². The van der Waals surface area contributed by atoms with Crippen LogP contribution in [0.4, 0.5) is 5.00 Å². The second kappa shape index (κ2) is 4.79. The zero-order valence-corrected chi connectivity index (χ0v) is 8.23. The Balaban J connectivity index is 2.58. The number of hydrogen-bond donors (Lipinski definition) is 2. The Morgan fingerprint density at radius 1 is 1.69 bits per heavy atom. The largest absolute Gasteiger partial charge is 0.326 e. The Hall–Kier alpha value is -1.13. The molecule has 70 valence electrons. The molecule has 1 aromatic heterocycles. The van der Waals surface area contributed by atoms with E-state index < -0.39 is 0 Å². The second-order valence-corrected chi connectivity index (χ2v) is 3.63. The van der Waals surface area contributed by atoms with Crippen LogP contribution in [0.1, 0.15) is 11.8 Å². The predicted octanol–water partition coefficient (Wildman–Crippen LogP) is 1.72. The van der Waals surface area contributed by atoms with E-state index in [1.807, 2.05) is 12.1 Å². The van der Waals surface area contributed by atoms with Gasteiger partial charge in [-0.15, -0.1) is 11.3 Å². The maximum absolute atomic E-state index is 11.1. The van der Waals surface area contributed by atoms with Crippen molar-refractivity contribution in [3.8, 4) is 0 Å². The van der Waals surface area contributed by atoms with Gasteiger partial charge in [0.15, 0.2) is 0 Å². The van der Waals surface area contributed by atoms with Gasteiger partial charge in [-0.25, -0.2) is 0 Å². The standard InChI is InChI=1S/C9H12N2OS/c1-2-3-8(12)11-9-5-4-7(6-10)13-9/h2-5H,6,10H2,1H3,(H,11,12)/b3-2+. The van der Waals surface area contributed by atoms with Crippen molar-refractivity contribution < 1.29 is 4.79 Å². The second-order valence-electron chi connectivity index (χ2n) is 2.46. The van der Waals surface area contributed by atoms with Crippen LogP contribution < -0.4 is 11.1 Å². The summed E-state index contributed by atoms with van der Waals surface area (Å²) in [4.78, 5) is 12.2. The maximum atomic E-state index is 11.1. The Morgan fingerprint density at radius 3 is 3.00 bits per heavy atom. The van der Waals surface area contributed by atoms with Crippen molar-refractivity contribution in [2.45, 2.75) is 13.5 Å². The molecule has 0 fully saturated rings. The minimum atomic E-state index is -0.104. The van der Waals surface area contributed by atoms with Crippen LogP contribution in [0, 0.1) is 0 Å². The van der Waals surface area contributed by atoms with Crippen LogP contribution in [-0.4, -0.2) is 5.91 Å². The summed E-state index contributed by atoms with van der Waals surface area (Å²) in [5.41, 5.74) is 5.44. The van der Waals surface area contributed by atoms with Crippen LogP contribution in [0.2, 0.25) is 0 Å². The first-order valence-corrected chi connectivity index (χ1v) is 4.80. The van der Waals surface area contributed by atoms with Gasteiger partial charge >= 0.3 is 0 Å². The van der Waals surface area contributed by atoms with Gasteiger partial charge in [0.25, 0.3) is 0 Å². The summed E-state index contributed by atoms with van der Waals surface area (Å²) in [6.07, 6.45) is 3.19. The van der Waals surface area contributed by atoms with Gasteiger partial charge in [0.05, 0.1) is 5.00 Å². The van der Waals surface area contributed by atoms with Crippen LogP contribution in [-0.2, 0) is 11.3 Å². The van der Waals surface area contributed by atoms with Crippen molar-refractivity contribution in [2.24, 2.45) is 5.73 Å². The van der Waals surface area contributed by atoms with Gasteiger partial charge in [-0.2, -0.15) is 0 Å².